The number of hydrogen-bond donors (Lipinski definition) is 2. The molecule has 5 aromatic carbocycles. The van der Waals surface area contributed by atoms with Gasteiger partial charge in [0.25, 0.3) is 10.1 Å². The quantitative estimate of drug-likeness (QED) is 0.154. The van der Waals surface area contributed by atoms with Crippen molar-refractivity contribution in [2.75, 3.05) is 5.32 Å². The lowest BCUT2D eigenvalue weighted by atomic mass is 10.1. The van der Waals surface area contributed by atoms with Crippen molar-refractivity contribution in [3.05, 3.63) is 121 Å². The van der Waals surface area contributed by atoms with Crippen LogP contribution < -0.4 is 14.8 Å². The molecule has 0 unspecified atom stereocenters. The zero-order valence-corrected chi connectivity index (χ0v) is 25.8. The molecule has 8 nitrogen and oxygen atoms in total. The molecule has 0 saturated carbocycles. The smallest absolute Gasteiger partial charge is 0.327 e. The summed E-state index contributed by atoms with van der Waals surface area (Å²) in [4.78, 5) is 8.65. The molecule has 0 amide bonds. The monoisotopic (exact) mass is 619 g/mol. The fourth-order valence-corrected chi connectivity index (χ4v) is 5.13. The van der Waals surface area contributed by atoms with Crippen molar-refractivity contribution >= 4 is 49.2 Å². The SMILES string of the molecule is C=Cc1ccc(Nc2cc(Oc3ccc4ccccc4c3)nc(Oc3ccc4ccccc4c3)n2)cc1S(=O)(=O)O.CCCC. The molecule has 0 atom stereocenters. The van der Waals surface area contributed by atoms with Gasteiger partial charge < -0.3 is 14.8 Å². The minimum Gasteiger partial charge on any atom is -0.439 e. The summed E-state index contributed by atoms with van der Waals surface area (Å²) in [7, 11) is -4.49. The van der Waals surface area contributed by atoms with E-state index in [9.17, 15) is 13.0 Å². The number of ether oxygens (including phenoxy) is 2. The molecule has 0 aliphatic rings. The maximum Gasteiger partial charge on any atom is 0.327 e. The van der Waals surface area contributed by atoms with E-state index in [1.807, 2.05) is 84.9 Å². The first-order valence-electron chi connectivity index (χ1n) is 14.5. The van der Waals surface area contributed by atoms with E-state index < -0.39 is 10.1 Å². The molecule has 0 spiro atoms. The zero-order chi connectivity index (χ0) is 31.8. The minimum absolute atomic E-state index is 0.0128. The molecule has 0 saturated heterocycles. The van der Waals surface area contributed by atoms with E-state index in [0.29, 0.717) is 17.2 Å². The van der Waals surface area contributed by atoms with Gasteiger partial charge >= 0.3 is 6.01 Å². The number of rotatable bonds is 9. The Kier molecular flexibility index (Phi) is 9.72. The number of aromatic nitrogens is 2. The van der Waals surface area contributed by atoms with Crippen LogP contribution in [0.5, 0.6) is 23.4 Å². The molecule has 2 N–H and O–H groups in total. The van der Waals surface area contributed by atoms with E-state index >= 15 is 0 Å². The standard InChI is InChI=1S/C32H23N3O5S.C4H10/c1-2-21-11-14-26(19-29(21)41(36,37)38)33-30-20-31(39-27-15-12-22-7-3-5-9-24(22)17-27)35-32(34-30)40-28-16-13-23-8-4-6-10-25(23)18-28;1-3-4-2/h2-20H,1H2,(H,33,34,35)(H,36,37,38);3-4H2,1-2H3. The fraction of sp³-hybridized carbons (Fsp3) is 0.111. The van der Waals surface area contributed by atoms with E-state index in [2.05, 4.69) is 35.7 Å². The summed E-state index contributed by atoms with van der Waals surface area (Å²) in [5.41, 5.74) is 0.622. The third-order valence-corrected chi connectivity index (χ3v) is 7.75. The topological polar surface area (TPSA) is 111 Å². The maximum atomic E-state index is 11.9. The summed E-state index contributed by atoms with van der Waals surface area (Å²) < 4.78 is 45.7. The molecule has 9 heteroatoms. The first-order chi connectivity index (χ1) is 21.7. The first kappa shape index (κ1) is 31.2. The summed E-state index contributed by atoms with van der Waals surface area (Å²) in [6.45, 7) is 7.97. The summed E-state index contributed by atoms with van der Waals surface area (Å²) in [5, 5.41) is 7.19. The normalized spacial score (nSPS) is 11.0. The van der Waals surface area contributed by atoms with Gasteiger partial charge in [0.1, 0.15) is 22.2 Å². The van der Waals surface area contributed by atoms with Crippen molar-refractivity contribution in [2.24, 2.45) is 0 Å². The predicted octanol–water partition coefficient (Wildman–Crippen LogP) is 9.81. The van der Waals surface area contributed by atoms with E-state index in [0.717, 1.165) is 21.5 Å². The van der Waals surface area contributed by atoms with Gasteiger partial charge in [-0.2, -0.15) is 18.4 Å². The average molecular weight is 620 g/mol. The lowest BCUT2D eigenvalue weighted by Crippen LogP contribution is -2.04. The van der Waals surface area contributed by atoms with Gasteiger partial charge in [0.05, 0.1) is 0 Å². The molecular weight excluding hydrogens is 586 g/mol. The first-order valence-corrected chi connectivity index (χ1v) is 15.9. The Balaban J connectivity index is 0.000000945. The summed E-state index contributed by atoms with van der Waals surface area (Å²) in [6.07, 6.45) is 3.99. The second kappa shape index (κ2) is 14.0. The second-order valence-electron chi connectivity index (χ2n) is 10.2. The molecule has 0 fully saturated rings. The van der Waals surface area contributed by atoms with Crippen LogP contribution in [-0.4, -0.2) is 22.9 Å². The molecular formula is C36H33N3O5S. The molecule has 0 radical (unpaired) electrons. The van der Waals surface area contributed by atoms with Crippen molar-refractivity contribution in [2.45, 2.75) is 31.6 Å². The van der Waals surface area contributed by atoms with Crippen LogP contribution in [0.25, 0.3) is 27.6 Å². The number of anilines is 2. The molecule has 228 valence electrons. The molecule has 1 heterocycles. The molecule has 0 bridgehead atoms. The van der Waals surface area contributed by atoms with Crippen LogP contribution in [0, 0.1) is 0 Å². The van der Waals surface area contributed by atoms with Crippen LogP contribution in [0.4, 0.5) is 11.5 Å². The van der Waals surface area contributed by atoms with Gasteiger partial charge in [0.15, 0.2) is 0 Å². The average Bonchev–Trinajstić information content (AvgIpc) is 3.04. The van der Waals surface area contributed by atoms with Crippen molar-refractivity contribution in [3.63, 3.8) is 0 Å². The summed E-state index contributed by atoms with van der Waals surface area (Å²) in [5.74, 6) is 1.57. The molecule has 0 aliphatic heterocycles. The Morgan fingerprint density at radius 1 is 0.733 bits per heavy atom. The largest absolute Gasteiger partial charge is 0.439 e. The van der Waals surface area contributed by atoms with Crippen molar-refractivity contribution in [1.29, 1.82) is 0 Å². The zero-order valence-electron chi connectivity index (χ0n) is 25.0. The predicted molar refractivity (Wildman–Crippen MR) is 180 cm³/mol. The van der Waals surface area contributed by atoms with E-state index in [1.165, 1.54) is 31.1 Å². The van der Waals surface area contributed by atoms with E-state index in [1.54, 1.807) is 12.1 Å². The Bertz CT molecular complexity index is 1980. The summed E-state index contributed by atoms with van der Waals surface area (Å²) >= 11 is 0. The second-order valence-corrected chi connectivity index (χ2v) is 11.5. The van der Waals surface area contributed by atoms with Gasteiger partial charge in [-0.05, 0) is 63.5 Å². The van der Waals surface area contributed by atoms with Gasteiger partial charge in [-0.15, -0.1) is 0 Å². The molecule has 45 heavy (non-hydrogen) atoms. The Morgan fingerprint density at radius 2 is 1.31 bits per heavy atom. The third-order valence-electron chi connectivity index (χ3n) is 6.84. The van der Waals surface area contributed by atoms with Crippen molar-refractivity contribution in [3.8, 4) is 23.4 Å². The number of unbranched alkanes of at least 4 members (excludes halogenated alkanes) is 1. The lowest BCUT2D eigenvalue weighted by Gasteiger charge is -2.13. The van der Waals surface area contributed by atoms with Gasteiger partial charge in [-0.25, -0.2) is 0 Å². The maximum absolute atomic E-state index is 11.9. The summed E-state index contributed by atoms with van der Waals surface area (Å²) in [6, 6.07) is 33.2. The van der Waals surface area contributed by atoms with Crippen LogP contribution in [0.3, 0.4) is 0 Å². The molecule has 1 aromatic heterocycles. The number of fused-ring (bicyclic) bond motifs is 2. The van der Waals surface area contributed by atoms with Crippen LogP contribution in [-0.2, 0) is 10.1 Å². The lowest BCUT2D eigenvalue weighted by molar-refractivity contribution is 0.413. The van der Waals surface area contributed by atoms with Crippen molar-refractivity contribution in [1.82, 2.24) is 9.97 Å². The highest BCUT2D eigenvalue weighted by atomic mass is 32.2. The van der Waals surface area contributed by atoms with Gasteiger partial charge in [0, 0.05) is 11.8 Å². The Labute approximate surface area is 262 Å². The van der Waals surface area contributed by atoms with Crippen LogP contribution in [0.1, 0.15) is 32.3 Å². The fourth-order valence-electron chi connectivity index (χ4n) is 4.41. The third kappa shape index (κ3) is 8.03. The van der Waals surface area contributed by atoms with Gasteiger partial charge in [-0.1, -0.05) is 106 Å². The number of hydrogen-bond acceptors (Lipinski definition) is 7. The van der Waals surface area contributed by atoms with Crippen LogP contribution in [0.2, 0.25) is 0 Å². The highest BCUT2D eigenvalue weighted by molar-refractivity contribution is 7.86. The van der Waals surface area contributed by atoms with Crippen LogP contribution in [0.15, 0.2) is 121 Å². The molecule has 0 aliphatic carbocycles. The Hall–Kier alpha value is -5.25. The van der Waals surface area contributed by atoms with Gasteiger partial charge in [-0.3, -0.25) is 4.55 Å². The molecule has 6 aromatic rings. The van der Waals surface area contributed by atoms with Crippen LogP contribution >= 0.6 is 0 Å². The van der Waals surface area contributed by atoms with Crippen molar-refractivity contribution < 1.29 is 22.4 Å². The number of benzene rings is 5. The highest BCUT2D eigenvalue weighted by Gasteiger charge is 2.16. The minimum atomic E-state index is -4.49. The number of nitrogens with zero attached hydrogens (tertiary/aromatic N) is 2. The Morgan fingerprint density at radius 3 is 1.87 bits per heavy atom. The van der Waals surface area contributed by atoms with Gasteiger partial charge in [0.2, 0.25) is 5.88 Å². The molecule has 6 rings (SSSR count). The number of nitrogens with one attached hydrogen (secondary N) is 1. The van der Waals surface area contributed by atoms with E-state index in [4.69, 9.17) is 9.47 Å². The highest BCUT2D eigenvalue weighted by Crippen LogP contribution is 2.31. The van der Waals surface area contributed by atoms with E-state index in [-0.39, 0.29) is 28.2 Å².